The first-order valence-electron chi connectivity index (χ1n) is 10.1. The van der Waals surface area contributed by atoms with Crippen LogP contribution in [-0.4, -0.2) is 81.7 Å². The van der Waals surface area contributed by atoms with Gasteiger partial charge in [-0.15, -0.1) is 24.0 Å². The van der Waals surface area contributed by atoms with Crippen molar-refractivity contribution in [2.75, 3.05) is 46.0 Å². The Bertz CT molecular complexity index is 544. The van der Waals surface area contributed by atoms with E-state index in [0.29, 0.717) is 19.5 Å². The van der Waals surface area contributed by atoms with Crippen LogP contribution in [0.1, 0.15) is 51.9 Å². The Balaban J connectivity index is 0.00000364. The molecule has 2 rings (SSSR count). The van der Waals surface area contributed by atoms with Gasteiger partial charge >= 0.3 is 0 Å². The molecule has 0 amide bonds. The minimum Gasteiger partial charge on any atom is -0.355 e. The molecule has 0 bridgehead atoms. The molecule has 0 radical (unpaired) electrons. The van der Waals surface area contributed by atoms with Crippen molar-refractivity contribution in [1.82, 2.24) is 19.8 Å². The molecule has 2 aliphatic rings. The number of guanidine groups is 1. The van der Waals surface area contributed by atoms with Crippen molar-refractivity contribution in [3.8, 4) is 0 Å². The second kappa shape index (κ2) is 12.4. The lowest BCUT2D eigenvalue weighted by atomic mass is 10.1. The summed E-state index contributed by atoms with van der Waals surface area (Å²) in [6.45, 7) is 4.99. The average molecular weight is 516 g/mol. The number of rotatable bonds is 8. The van der Waals surface area contributed by atoms with E-state index in [1.807, 2.05) is 6.92 Å². The number of halogens is 1. The second-order valence-electron chi connectivity index (χ2n) is 7.55. The van der Waals surface area contributed by atoms with Gasteiger partial charge in [-0.2, -0.15) is 0 Å². The van der Waals surface area contributed by atoms with Gasteiger partial charge in [0.25, 0.3) is 0 Å². The van der Waals surface area contributed by atoms with E-state index in [1.165, 1.54) is 25.7 Å². The quantitative estimate of drug-likeness (QED) is 0.293. The van der Waals surface area contributed by atoms with Crippen LogP contribution in [0, 0.1) is 0 Å². The molecule has 1 aliphatic heterocycles. The second-order valence-corrected chi connectivity index (χ2v) is 9.64. The molecule has 160 valence electrons. The Hall–Kier alpha value is -0.130. The summed E-state index contributed by atoms with van der Waals surface area (Å²) in [7, 11) is 0.929. The third kappa shape index (κ3) is 8.02. The number of hydrogen-bond acceptors (Lipinski definition) is 4. The smallest absolute Gasteiger partial charge is 0.214 e. The van der Waals surface area contributed by atoms with Gasteiger partial charge in [0.2, 0.25) is 10.0 Å². The van der Waals surface area contributed by atoms with Gasteiger partial charge in [-0.1, -0.05) is 19.8 Å². The fraction of sp³-hybridized carbons (Fsp3) is 0.944. The summed E-state index contributed by atoms with van der Waals surface area (Å²) >= 11 is 0. The van der Waals surface area contributed by atoms with E-state index >= 15 is 0 Å². The van der Waals surface area contributed by atoms with Gasteiger partial charge in [0.15, 0.2) is 5.96 Å². The molecule has 1 heterocycles. The van der Waals surface area contributed by atoms with E-state index in [2.05, 4.69) is 27.6 Å². The maximum atomic E-state index is 12.1. The molecule has 0 aromatic heterocycles. The molecule has 0 atom stereocenters. The summed E-state index contributed by atoms with van der Waals surface area (Å²) in [5.41, 5.74) is 0. The highest BCUT2D eigenvalue weighted by Gasteiger charge is 2.27. The number of nitrogens with one attached hydrogen (secondary N) is 2. The number of aliphatic imine (C=N–C) groups is 1. The van der Waals surface area contributed by atoms with Crippen molar-refractivity contribution in [2.45, 2.75) is 64.0 Å². The largest absolute Gasteiger partial charge is 0.355 e. The van der Waals surface area contributed by atoms with E-state index < -0.39 is 10.0 Å². The normalized spacial score (nSPS) is 20.7. The van der Waals surface area contributed by atoms with Crippen LogP contribution < -0.4 is 10.6 Å². The van der Waals surface area contributed by atoms with Crippen LogP contribution in [-0.2, 0) is 10.0 Å². The Kier molecular flexibility index (Phi) is 11.5. The van der Waals surface area contributed by atoms with Crippen molar-refractivity contribution < 1.29 is 8.42 Å². The van der Waals surface area contributed by atoms with E-state index in [0.717, 1.165) is 37.9 Å². The molecule has 27 heavy (non-hydrogen) atoms. The van der Waals surface area contributed by atoms with Gasteiger partial charge < -0.3 is 15.5 Å². The van der Waals surface area contributed by atoms with Crippen LogP contribution in [0.25, 0.3) is 0 Å². The van der Waals surface area contributed by atoms with Crippen LogP contribution in [0.4, 0.5) is 0 Å². The highest BCUT2D eigenvalue weighted by Crippen LogP contribution is 2.21. The monoisotopic (exact) mass is 515 g/mol. The van der Waals surface area contributed by atoms with Crippen molar-refractivity contribution in [2.24, 2.45) is 4.99 Å². The molecule has 1 saturated carbocycles. The third-order valence-corrected chi connectivity index (χ3v) is 7.65. The minimum absolute atomic E-state index is 0. The van der Waals surface area contributed by atoms with Crippen LogP contribution in [0.3, 0.4) is 0 Å². The first-order valence-corrected chi connectivity index (χ1v) is 11.7. The Labute approximate surface area is 182 Å². The fourth-order valence-corrected chi connectivity index (χ4v) is 5.47. The number of likely N-dealkylation sites (N-methyl/N-ethyl adjacent to an activating group) is 1. The lowest BCUT2D eigenvalue weighted by Gasteiger charge is -2.32. The first kappa shape index (κ1) is 24.9. The maximum Gasteiger partial charge on any atom is 0.214 e. The Morgan fingerprint density at radius 1 is 1.19 bits per heavy atom. The molecule has 2 N–H and O–H groups in total. The van der Waals surface area contributed by atoms with Crippen LogP contribution >= 0.6 is 24.0 Å². The van der Waals surface area contributed by atoms with Crippen LogP contribution in [0.15, 0.2) is 4.99 Å². The molecule has 0 spiro atoms. The highest BCUT2D eigenvalue weighted by atomic mass is 127. The van der Waals surface area contributed by atoms with Crippen molar-refractivity contribution in [3.05, 3.63) is 0 Å². The van der Waals surface area contributed by atoms with Crippen LogP contribution in [0.5, 0.6) is 0 Å². The van der Waals surface area contributed by atoms with Gasteiger partial charge in [-0.25, -0.2) is 12.7 Å². The van der Waals surface area contributed by atoms with E-state index in [9.17, 15) is 8.42 Å². The highest BCUT2D eigenvalue weighted by molar-refractivity contribution is 14.0. The van der Waals surface area contributed by atoms with Gasteiger partial charge in [-0.3, -0.25) is 4.99 Å². The fourth-order valence-electron chi connectivity index (χ4n) is 3.93. The average Bonchev–Trinajstić information content (AvgIpc) is 3.16. The lowest BCUT2D eigenvalue weighted by molar-refractivity contribution is 0.249. The molecule has 0 unspecified atom stereocenters. The van der Waals surface area contributed by atoms with E-state index in [4.69, 9.17) is 0 Å². The summed E-state index contributed by atoms with van der Waals surface area (Å²) < 4.78 is 25.9. The number of sulfonamides is 1. The number of hydrogen-bond donors (Lipinski definition) is 2. The van der Waals surface area contributed by atoms with Crippen molar-refractivity contribution in [1.29, 1.82) is 0 Å². The minimum atomic E-state index is -3.07. The molecular formula is C18H38IN5O2S. The summed E-state index contributed by atoms with van der Waals surface area (Å²) in [6, 6.07) is 1.02. The van der Waals surface area contributed by atoms with Gasteiger partial charge in [0.1, 0.15) is 0 Å². The predicted molar refractivity (Wildman–Crippen MR) is 123 cm³/mol. The number of nitrogens with zero attached hydrogens (tertiary/aromatic N) is 3. The van der Waals surface area contributed by atoms with E-state index in [1.54, 1.807) is 11.4 Å². The van der Waals surface area contributed by atoms with Gasteiger partial charge in [0.05, 0.1) is 5.75 Å². The summed E-state index contributed by atoms with van der Waals surface area (Å²) in [6.07, 6.45) is 7.69. The zero-order chi connectivity index (χ0) is 19.0. The molecule has 2 fully saturated rings. The Morgan fingerprint density at radius 2 is 1.81 bits per heavy atom. The molecule has 7 nitrogen and oxygen atoms in total. The summed E-state index contributed by atoms with van der Waals surface area (Å²) in [4.78, 5) is 6.77. The van der Waals surface area contributed by atoms with E-state index in [-0.39, 0.29) is 35.8 Å². The van der Waals surface area contributed by atoms with Crippen LogP contribution in [0.2, 0.25) is 0 Å². The standard InChI is InChI=1S/C18H37N5O2S.HI/c1-4-15-26(24,25)23-12-9-16(10-13-23)21-18(19-2)20-11-14-22(3)17-7-5-6-8-17;/h16-17H,4-15H2,1-3H3,(H2,19,20,21);1H. The molecule has 9 heteroatoms. The third-order valence-electron chi connectivity index (χ3n) is 5.58. The Morgan fingerprint density at radius 3 is 2.37 bits per heavy atom. The number of piperidine rings is 1. The predicted octanol–water partition coefficient (Wildman–Crippen LogP) is 1.85. The summed E-state index contributed by atoms with van der Waals surface area (Å²) in [5.74, 6) is 1.07. The zero-order valence-corrected chi connectivity index (χ0v) is 20.3. The lowest BCUT2D eigenvalue weighted by Crippen LogP contribution is -2.51. The zero-order valence-electron chi connectivity index (χ0n) is 17.1. The summed E-state index contributed by atoms with van der Waals surface area (Å²) in [5, 5.41) is 6.85. The van der Waals surface area contributed by atoms with Gasteiger partial charge in [-0.05, 0) is 39.2 Å². The molecule has 1 saturated heterocycles. The maximum absolute atomic E-state index is 12.1. The molecule has 1 aliphatic carbocycles. The van der Waals surface area contributed by atoms with Crippen molar-refractivity contribution in [3.63, 3.8) is 0 Å². The van der Waals surface area contributed by atoms with Gasteiger partial charge in [0, 0.05) is 45.3 Å². The molecular weight excluding hydrogens is 477 g/mol. The topological polar surface area (TPSA) is 77.0 Å². The first-order chi connectivity index (χ1) is 12.5. The SMILES string of the molecule is CCCS(=O)(=O)N1CCC(NC(=NC)NCCN(C)C2CCCC2)CC1.I. The van der Waals surface area contributed by atoms with Crippen molar-refractivity contribution >= 4 is 40.0 Å². The molecule has 0 aromatic carbocycles. The molecule has 0 aromatic rings.